The van der Waals surface area contributed by atoms with Gasteiger partial charge >= 0.3 is 0 Å². The molecule has 1 N–H and O–H groups in total. The molecule has 0 atom stereocenters. The molecule has 0 bridgehead atoms. The highest BCUT2D eigenvalue weighted by Crippen LogP contribution is 2.16. The SMILES string of the molecule is O=c1cc([O-])n(-c2ccc(Cl)cc2)c(=S)[nH]1. The molecule has 0 unspecified atom stereocenters. The van der Waals surface area contributed by atoms with E-state index >= 15 is 0 Å². The molecular weight excluding hydrogens is 248 g/mol. The van der Waals surface area contributed by atoms with Gasteiger partial charge in [0.15, 0.2) is 4.77 Å². The third-order valence-electron chi connectivity index (χ3n) is 1.99. The predicted molar refractivity (Wildman–Crippen MR) is 61.7 cm³/mol. The minimum absolute atomic E-state index is 0.0693. The Morgan fingerprint density at radius 2 is 1.94 bits per heavy atom. The first-order chi connectivity index (χ1) is 7.58. The first-order valence-electron chi connectivity index (χ1n) is 4.37. The maximum absolute atomic E-state index is 11.6. The summed E-state index contributed by atoms with van der Waals surface area (Å²) in [5.41, 5.74) is 0.0656. The molecule has 0 aliphatic carbocycles. The van der Waals surface area contributed by atoms with Crippen LogP contribution in [0.3, 0.4) is 0 Å². The fraction of sp³-hybridized carbons (Fsp3) is 0. The summed E-state index contributed by atoms with van der Waals surface area (Å²) >= 11 is 10.6. The van der Waals surface area contributed by atoms with Crippen LogP contribution in [0.1, 0.15) is 0 Å². The Hall–Kier alpha value is -1.59. The van der Waals surface area contributed by atoms with E-state index in [1.807, 2.05) is 0 Å². The van der Waals surface area contributed by atoms with Crippen molar-refractivity contribution >= 4 is 23.8 Å². The number of nitrogens with zero attached hydrogens (tertiary/aromatic N) is 1. The number of hydrogen-bond acceptors (Lipinski definition) is 3. The minimum atomic E-state index is -0.500. The summed E-state index contributed by atoms with van der Waals surface area (Å²) < 4.78 is 1.30. The van der Waals surface area contributed by atoms with Gasteiger partial charge in [-0.25, -0.2) is 0 Å². The lowest BCUT2D eigenvalue weighted by atomic mass is 10.3. The monoisotopic (exact) mass is 253 g/mol. The van der Waals surface area contributed by atoms with E-state index < -0.39 is 11.4 Å². The van der Waals surface area contributed by atoms with E-state index in [2.05, 4.69) is 4.98 Å². The number of halogens is 1. The second-order valence-corrected chi connectivity index (χ2v) is 3.91. The summed E-state index contributed by atoms with van der Waals surface area (Å²) in [7, 11) is 0. The maximum atomic E-state index is 11.6. The number of aromatic nitrogens is 2. The van der Waals surface area contributed by atoms with Crippen LogP contribution in [0.25, 0.3) is 5.69 Å². The van der Waals surface area contributed by atoms with Gasteiger partial charge in [-0.1, -0.05) is 11.6 Å². The predicted octanol–water partition coefficient (Wildman–Crippen LogP) is 1.62. The van der Waals surface area contributed by atoms with E-state index in [-0.39, 0.29) is 4.77 Å². The molecule has 0 amide bonds. The van der Waals surface area contributed by atoms with Gasteiger partial charge in [0.05, 0.1) is 0 Å². The Labute approximate surface area is 101 Å². The lowest BCUT2D eigenvalue weighted by Crippen LogP contribution is -2.15. The highest BCUT2D eigenvalue weighted by molar-refractivity contribution is 7.71. The number of rotatable bonds is 1. The molecule has 6 heteroatoms. The molecule has 1 aromatic carbocycles. The molecule has 0 spiro atoms. The Bertz CT molecular complexity index is 631. The van der Waals surface area contributed by atoms with E-state index in [0.717, 1.165) is 6.07 Å². The van der Waals surface area contributed by atoms with Crippen LogP contribution in [0.4, 0.5) is 0 Å². The Morgan fingerprint density at radius 3 is 2.50 bits per heavy atom. The third-order valence-corrected chi connectivity index (χ3v) is 2.53. The summed E-state index contributed by atoms with van der Waals surface area (Å²) in [6, 6.07) is 7.53. The lowest BCUT2D eigenvalue weighted by molar-refractivity contribution is -0.278. The maximum Gasteiger partial charge on any atom is 0.250 e. The van der Waals surface area contributed by atoms with E-state index in [4.69, 9.17) is 23.8 Å². The van der Waals surface area contributed by atoms with Gasteiger partial charge in [0.2, 0.25) is 0 Å². The van der Waals surface area contributed by atoms with Crippen LogP contribution in [0.5, 0.6) is 5.88 Å². The summed E-state index contributed by atoms with van der Waals surface area (Å²) in [6.07, 6.45) is 0. The van der Waals surface area contributed by atoms with Crippen LogP contribution in [0, 0.1) is 4.77 Å². The fourth-order valence-electron chi connectivity index (χ4n) is 1.31. The lowest BCUT2D eigenvalue weighted by Gasteiger charge is -2.16. The summed E-state index contributed by atoms with van der Waals surface area (Å²) in [5, 5.41) is 12.2. The van der Waals surface area contributed by atoms with Crippen molar-refractivity contribution in [2.75, 3.05) is 0 Å². The third kappa shape index (κ3) is 2.00. The zero-order valence-corrected chi connectivity index (χ0v) is 9.51. The topological polar surface area (TPSA) is 60.8 Å². The smallest absolute Gasteiger partial charge is 0.250 e. The molecule has 16 heavy (non-hydrogen) atoms. The quantitative estimate of drug-likeness (QED) is 0.786. The van der Waals surface area contributed by atoms with Gasteiger partial charge in [0.25, 0.3) is 5.56 Å². The first-order valence-corrected chi connectivity index (χ1v) is 5.16. The van der Waals surface area contributed by atoms with Crippen LogP contribution in [-0.2, 0) is 0 Å². The van der Waals surface area contributed by atoms with Crippen LogP contribution in [0.2, 0.25) is 5.02 Å². The van der Waals surface area contributed by atoms with Gasteiger partial charge in [-0.05, 0) is 42.4 Å². The van der Waals surface area contributed by atoms with Crippen molar-refractivity contribution in [3.63, 3.8) is 0 Å². The van der Waals surface area contributed by atoms with Crippen molar-refractivity contribution in [2.24, 2.45) is 0 Å². The standard InChI is InChI=1S/C10H7ClN2O2S/c11-6-1-3-7(4-2-6)13-9(15)5-8(14)12-10(13)16/h1-5,15H,(H,12,14,16)/p-1. The van der Waals surface area contributed by atoms with Crippen LogP contribution in [-0.4, -0.2) is 9.55 Å². The molecule has 0 saturated heterocycles. The molecule has 82 valence electrons. The van der Waals surface area contributed by atoms with Gasteiger partial charge in [-0.3, -0.25) is 9.78 Å². The second-order valence-electron chi connectivity index (χ2n) is 3.09. The minimum Gasteiger partial charge on any atom is -0.860 e. The number of aromatic amines is 1. The Morgan fingerprint density at radius 1 is 1.31 bits per heavy atom. The zero-order valence-electron chi connectivity index (χ0n) is 7.94. The Balaban J connectivity index is 2.69. The van der Waals surface area contributed by atoms with E-state index in [9.17, 15) is 9.90 Å². The van der Waals surface area contributed by atoms with E-state index in [1.165, 1.54) is 4.57 Å². The van der Waals surface area contributed by atoms with Crippen molar-refractivity contribution in [3.05, 3.63) is 50.5 Å². The molecule has 0 aliphatic rings. The number of benzene rings is 1. The van der Waals surface area contributed by atoms with Crippen molar-refractivity contribution in [3.8, 4) is 11.6 Å². The highest BCUT2D eigenvalue weighted by atomic mass is 35.5. The molecule has 2 aromatic rings. The average molecular weight is 254 g/mol. The van der Waals surface area contributed by atoms with Gasteiger partial charge in [-0.15, -0.1) is 0 Å². The van der Waals surface area contributed by atoms with Gasteiger partial charge < -0.3 is 9.67 Å². The average Bonchev–Trinajstić information content (AvgIpc) is 2.19. The molecule has 0 aliphatic heterocycles. The molecule has 2 rings (SSSR count). The molecule has 0 fully saturated rings. The summed E-state index contributed by atoms with van der Waals surface area (Å²) in [5.74, 6) is -0.462. The number of H-pyrrole nitrogens is 1. The first kappa shape index (κ1) is 10.9. The summed E-state index contributed by atoms with van der Waals surface area (Å²) in [6.45, 7) is 0. The zero-order chi connectivity index (χ0) is 11.7. The number of nitrogens with one attached hydrogen (secondary N) is 1. The second kappa shape index (κ2) is 4.11. The van der Waals surface area contributed by atoms with Gasteiger partial charge in [0.1, 0.15) is 0 Å². The van der Waals surface area contributed by atoms with Crippen LogP contribution < -0.4 is 10.7 Å². The Kier molecular flexibility index (Phi) is 2.80. The molecular formula is C10H6ClN2O2S-. The van der Waals surface area contributed by atoms with Crippen molar-refractivity contribution in [1.82, 2.24) is 9.55 Å². The molecule has 1 heterocycles. The fourth-order valence-corrected chi connectivity index (χ4v) is 1.73. The normalized spacial score (nSPS) is 10.3. The number of hydrogen-bond donors (Lipinski definition) is 1. The molecule has 4 nitrogen and oxygen atoms in total. The van der Waals surface area contributed by atoms with Gasteiger partial charge in [0, 0.05) is 16.8 Å². The van der Waals surface area contributed by atoms with E-state index in [0.29, 0.717) is 10.7 Å². The van der Waals surface area contributed by atoms with Crippen molar-refractivity contribution < 1.29 is 5.11 Å². The molecule has 1 aromatic heterocycles. The van der Waals surface area contributed by atoms with Crippen molar-refractivity contribution in [2.45, 2.75) is 0 Å². The van der Waals surface area contributed by atoms with Crippen LogP contribution >= 0.6 is 23.8 Å². The molecule has 0 saturated carbocycles. The van der Waals surface area contributed by atoms with Crippen molar-refractivity contribution in [1.29, 1.82) is 0 Å². The van der Waals surface area contributed by atoms with E-state index in [1.54, 1.807) is 24.3 Å². The molecule has 0 radical (unpaired) electrons. The van der Waals surface area contributed by atoms with Gasteiger partial charge in [-0.2, -0.15) is 0 Å². The summed E-state index contributed by atoms with van der Waals surface area (Å²) in [4.78, 5) is 13.4. The largest absolute Gasteiger partial charge is 0.860 e. The highest BCUT2D eigenvalue weighted by Gasteiger charge is 1.99. The van der Waals surface area contributed by atoms with Crippen LogP contribution in [0.15, 0.2) is 35.1 Å².